The van der Waals surface area contributed by atoms with Crippen molar-refractivity contribution in [2.24, 2.45) is 13.0 Å². The molecule has 0 bridgehead atoms. The summed E-state index contributed by atoms with van der Waals surface area (Å²) in [6, 6.07) is 6.50. The van der Waals surface area contributed by atoms with Crippen molar-refractivity contribution in [3.05, 3.63) is 53.9 Å². The molecule has 25 heavy (non-hydrogen) atoms. The number of imidazole rings is 1. The zero-order valence-corrected chi connectivity index (χ0v) is 14.9. The Balaban J connectivity index is 0.00000182. The Labute approximate surface area is 152 Å². The molecule has 2 aliphatic rings. The van der Waals surface area contributed by atoms with E-state index in [4.69, 9.17) is 0 Å². The van der Waals surface area contributed by atoms with Crippen LogP contribution < -0.4 is 5.32 Å². The molecule has 134 valence electrons. The molecule has 1 amide bonds. The zero-order chi connectivity index (χ0) is 16.7. The first-order valence-electron chi connectivity index (χ1n) is 8.39. The van der Waals surface area contributed by atoms with E-state index in [1.54, 1.807) is 18.3 Å². The minimum absolute atomic E-state index is 0. The second-order valence-electron chi connectivity index (χ2n) is 6.65. The van der Waals surface area contributed by atoms with Gasteiger partial charge in [0.25, 0.3) is 0 Å². The molecular weight excluding hydrogens is 343 g/mol. The van der Waals surface area contributed by atoms with Crippen molar-refractivity contribution in [2.75, 3.05) is 19.6 Å². The lowest BCUT2D eigenvalue weighted by Gasteiger charge is -2.36. The third-order valence-electron chi connectivity index (χ3n) is 5.09. The molecular formula is C18H22ClFN4O. The molecule has 1 aromatic carbocycles. The molecule has 0 spiro atoms. The zero-order valence-electron chi connectivity index (χ0n) is 14.1. The van der Waals surface area contributed by atoms with Crippen molar-refractivity contribution < 1.29 is 9.18 Å². The molecule has 2 fully saturated rings. The molecule has 3 atom stereocenters. The van der Waals surface area contributed by atoms with Crippen LogP contribution in [0, 0.1) is 11.7 Å². The Morgan fingerprint density at radius 1 is 1.32 bits per heavy atom. The summed E-state index contributed by atoms with van der Waals surface area (Å²) in [4.78, 5) is 19.4. The number of nitrogens with one attached hydrogen (secondary N) is 1. The Morgan fingerprint density at radius 2 is 2.08 bits per heavy atom. The topological polar surface area (TPSA) is 50.2 Å². The average molecular weight is 365 g/mol. The number of nitrogens with zero attached hydrogens (tertiary/aromatic N) is 3. The van der Waals surface area contributed by atoms with Gasteiger partial charge in [0.15, 0.2) is 0 Å². The van der Waals surface area contributed by atoms with Gasteiger partial charge in [0, 0.05) is 45.0 Å². The first kappa shape index (κ1) is 17.9. The van der Waals surface area contributed by atoms with Crippen LogP contribution in [0.5, 0.6) is 0 Å². The SMILES string of the molecule is Cl.Cn1ccnc1C1CNCCN1C(=O)C1CC1c1ccc(F)cc1. The van der Waals surface area contributed by atoms with E-state index < -0.39 is 0 Å². The number of halogens is 2. The molecule has 0 radical (unpaired) electrons. The average Bonchev–Trinajstić information content (AvgIpc) is 3.29. The van der Waals surface area contributed by atoms with Crippen LogP contribution in [0.25, 0.3) is 0 Å². The smallest absolute Gasteiger partial charge is 0.227 e. The number of benzene rings is 1. The largest absolute Gasteiger partial charge is 0.336 e. The van der Waals surface area contributed by atoms with Gasteiger partial charge in [-0.3, -0.25) is 4.79 Å². The van der Waals surface area contributed by atoms with Gasteiger partial charge in [-0.15, -0.1) is 12.4 Å². The van der Waals surface area contributed by atoms with Crippen molar-refractivity contribution in [1.29, 1.82) is 0 Å². The highest BCUT2D eigenvalue weighted by Crippen LogP contribution is 2.49. The van der Waals surface area contributed by atoms with E-state index in [-0.39, 0.29) is 42.0 Å². The van der Waals surface area contributed by atoms with Crippen LogP contribution in [0.4, 0.5) is 4.39 Å². The summed E-state index contributed by atoms with van der Waals surface area (Å²) >= 11 is 0. The van der Waals surface area contributed by atoms with Gasteiger partial charge in [0.05, 0.1) is 0 Å². The number of carbonyl (C=O) groups excluding carboxylic acids is 1. The van der Waals surface area contributed by atoms with Crippen molar-refractivity contribution in [3.8, 4) is 0 Å². The molecule has 2 heterocycles. The fourth-order valence-electron chi connectivity index (χ4n) is 3.66. The van der Waals surface area contributed by atoms with Crippen molar-refractivity contribution in [3.63, 3.8) is 0 Å². The number of aromatic nitrogens is 2. The molecule has 2 aromatic rings. The summed E-state index contributed by atoms with van der Waals surface area (Å²) < 4.78 is 15.0. The van der Waals surface area contributed by atoms with Crippen LogP contribution in [0.1, 0.15) is 29.8 Å². The predicted octanol–water partition coefficient (Wildman–Crippen LogP) is 2.26. The van der Waals surface area contributed by atoms with Crippen LogP contribution in [-0.2, 0) is 11.8 Å². The maximum absolute atomic E-state index is 13.1. The lowest BCUT2D eigenvalue weighted by Crippen LogP contribution is -2.50. The number of amides is 1. The lowest BCUT2D eigenvalue weighted by atomic mass is 10.1. The Kier molecular flexibility index (Phi) is 5.11. The van der Waals surface area contributed by atoms with Crippen molar-refractivity contribution >= 4 is 18.3 Å². The number of hydrogen-bond donors (Lipinski definition) is 1. The minimum atomic E-state index is -0.237. The molecule has 1 saturated carbocycles. The number of rotatable bonds is 3. The fourth-order valence-corrected chi connectivity index (χ4v) is 3.66. The molecule has 5 nitrogen and oxygen atoms in total. The van der Waals surface area contributed by atoms with E-state index in [2.05, 4.69) is 10.3 Å². The van der Waals surface area contributed by atoms with E-state index >= 15 is 0 Å². The molecule has 1 N–H and O–H groups in total. The summed E-state index contributed by atoms with van der Waals surface area (Å²) in [5.41, 5.74) is 1.05. The Bertz CT molecular complexity index is 748. The molecule has 3 unspecified atom stereocenters. The Hall–Kier alpha value is -1.92. The maximum Gasteiger partial charge on any atom is 0.227 e. The van der Waals surface area contributed by atoms with Crippen molar-refractivity contribution in [1.82, 2.24) is 19.8 Å². The monoisotopic (exact) mass is 364 g/mol. The molecule has 1 aliphatic carbocycles. The summed E-state index contributed by atoms with van der Waals surface area (Å²) in [7, 11) is 1.96. The Morgan fingerprint density at radius 3 is 2.76 bits per heavy atom. The number of hydrogen-bond acceptors (Lipinski definition) is 3. The van der Waals surface area contributed by atoms with Crippen LogP contribution in [0.2, 0.25) is 0 Å². The summed E-state index contributed by atoms with van der Waals surface area (Å²) in [6.45, 7) is 2.23. The van der Waals surface area contributed by atoms with Crippen LogP contribution >= 0.6 is 12.4 Å². The van der Waals surface area contributed by atoms with E-state index in [1.165, 1.54) is 12.1 Å². The van der Waals surface area contributed by atoms with E-state index in [1.807, 2.05) is 22.7 Å². The van der Waals surface area contributed by atoms with E-state index in [0.717, 1.165) is 30.9 Å². The first-order chi connectivity index (χ1) is 11.6. The molecule has 4 rings (SSSR count). The quantitative estimate of drug-likeness (QED) is 0.908. The fraction of sp³-hybridized carbons (Fsp3) is 0.444. The maximum atomic E-state index is 13.1. The van der Waals surface area contributed by atoms with Crippen LogP contribution in [-0.4, -0.2) is 40.0 Å². The molecule has 1 aliphatic heterocycles. The summed E-state index contributed by atoms with van der Waals surface area (Å²) in [6.07, 6.45) is 4.53. The lowest BCUT2D eigenvalue weighted by molar-refractivity contribution is -0.136. The third kappa shape index (κ3) is 3.41. The normalized spacial score (nSPS) is 25.4. The molecule has 7 heteroatoms. The highest BCUT2D eigenvalue weighted by molar-refractivity contribution is 5.85. The van der Waals surface area contributed by atoms with Gasteiger partial charge in [-0.1, -0.05) is 12.1 Å². The second-order valence-corrected chi connectivity index (χ2v) is 6.65. The predicted molar refractivity (Wildman–Crippen MR) is 95.0 cm³/mol. The van der Waals surface area contributed by atoms with E-state index in [0.29, 0.717) is 6.54 Å². The first-order valence-corrected chi connectivity index (χ1v) is 8.39. The standard InChI is InChI=1S/C18H21FN4O.ClH/c1-22-8-7-21-17(22)16-11-20-6-9-23(16)18(24)15-10-14(15)12-2-4-13(19)5-3-12;/h2-5,7-8,14-16,20H,6,9-11H2,1H3;1H. The number of piperazine rings is 1. The van der Waals surface area contributed by atoms with Gasteiger partial charge in [-0.2, -0.15) is 0 Å². The molecule has 1 saturated heterocycles. The third-order valence-corrected chi connectivity index (χ3v) is 5.09. The minimum Gasteiger partial charge on any atom is -0.336 e. The second kappa shape index (κ2) is 7.14. The number of aryl methyl sites for hydroxylation is 1. The van der Waals surface area contributed by atoms with Gasteiger partial charge < -0.3 is 14.8 Å². The summed E-state index contributed by atoms with van der Waals surface area (Å²) in [5, 5.41) is 3.35. The van der Waals surface area contributed by atoms with Crippen LogP contribution in [0.15, 0.2) is 36.7 Å². The molecule has 1 aromatic heterocycles. The van der Waals surface area contributed by atoms with Crippen molar-refractivity contribution in [2.45, 2.75) is 18.4 Å². The van der Waals surface area contributed by atoms with Gasteiger partial charge in [-0.05, 0) is 30.0 Å². The van der Waals surface area contributed by atoms with Gasteiger partial charge >= 0.3 is 0 Å². The van der Waals surface area contributed by atoms with E-state index in [9.17, 15) is 9.18 Å². The number of carbonyl (C=O) groups is 1. The van der Waals surface area contributed by atoms with Gasteiger partial charge in [-0.25, -0.2) is 9.37 Å². The summed E-state index contributed by atoms with van der Waals surface area (Å²) in [5.74, 6) is 1.10. The van der Waals surface area contributed by atoms with Gasteiger partial charge in [0.2, 0.25) is 5.91 Å². The highest BCUT2D eigenvalue weighted by atomic mass is 35.5. The highest BCUT2D eigenvalue weighted by Gasteiger charge is 2.47. The van der Waals surface area contributed by atoms with Crippen LogP contribution in [0.3, 0.4) is 0 Å². The van der Waals surface area contributed by atoms with Gasteiger partial charge in [0.1, 0.15) is 17.7 Å².